The summed E-state index contributed by atoms with van der Waals surface area (Å²) < 4.78 is 47.8. The first kappa shape index (κ1) is 43.7. The number of allylic oxidation sites excluding steroid dienone is 4. The molecule has 1 aromatic heterocycles. The van der Waals surface area contributed by atoms with Gasteiger partial charge in [0, 0.05) is 49.3 Å². The van der Waals surface area contributed by atoms with Crippen LogP contribution in [-0.2, 0) is 19.4 Å². The van der Waals surface area contributed by atoms with Gasteiger partial charge in [0.25, 0.3) is 0 Å². The zero-order valence-electron chi connectivity index (χ0n) is 32.0. The molecular formula is C44H72F3N3S. The van der Waals surface area contributed by atoms with Crippen LogP contribution in [0.3, 0.4) is 0 Å². The maximum atomic E-state index is 15.1. The number of halogens is 3. The molecule has 290 valence electrons. The Morgan fingerprint density at radius 1 is 0.765 bits per heavy atom. The third-order valence-corrected chi connectivity index (χ3v) is 11.7. The predicted molar refractivity (Wildman–Crippen MR) is 219 cm³/mol. The molecule has 1 saturated carbocycles. The fourth-order valence-corrected chi connectivity index (χ4v) is 8.64. The summed E-state index contributed by atoms with van der Waals surface area (Å²) in [6.45, 7) is 16.4. The van der Waals surface area contributed by atoms with Crippen LogP contribution < -0.4 is 0 Å². The van der Waals surface area contributed by atoms with Crippen molar-refractivity contribution in [2.75, 3.05) is 45.0 Å². The molecule has 0 unspecified atom stereocenters. The Bertz CT molecular complexity index is 1370. The van der Waals surface area contributed by atoms with Gasteiger partial charge in [-0.25, -0.2) is 0 Å². The van der Waals surface area contributed by atoms with Crippen molar-refractivity contribution in [3.63, 3.8) is 0 Å². The smallest absolute Gasteiger partial charge is 0.344 e. The van der Waals surface area contributed by atoms with E-state index in [-0.39, 0.29) is 7.43 Å². The van der Waals surface area contributed by atoms with Crippen molar-refractivity contribution in [2.45, 2.75) is 163 Å². The third kappa shape index (κ3) is 12.7. The summed E-state index contributed by atoms with van der Waals surface area (Å²) in [5, 5.41) is 0.838. The van der Waals surface area contributed by atoms with Crippen LogP contribution in [0.5, 0.6) is 0 Å². The van der Waals surface area contributed by atoms with Crippen LogP contribution in [0.25, 0.3) is 16.5 Å². The highest BCUT2D eigenvalue weighted by atomic mass is 32.1. The lowest BCUT2D eigenvalue weighted by Gasteiger charge is -2.34. The number of hydrogen-bond acceptors (Lipinski definition) is 3. The van der Waals surface area contributed by atoms with Crippen molar-refractivity contribution in [1.29, 1.82) is 0 Å². The molecule has 2 aromatic rings. The minimum absolute atomic E-state index is 0. The number of fused-ring (bicyclic) bond motifs is 1. The van der Waals surface area contributed by atoms with E-state index >= 15 is 13.2 Å². The maximum absolute atomic E-state index is 15.1. The molecule has 0 bridgehead atoms. The van der Waals surface area contributed by atoms with Crippen molar-refractivity contribution < 1.29 is 13.2 Å². The fourth-order valence-electron chi connectivity index (χ4n) is 8.41. The normalized spacial score (nSPS) is 16.4. The van der Waals surface area contributed by atoms with Gasteiger partial charge in [0.2, 0.25) is 0 Å². The number of benzene rings is 1. The van der Waals surface area contributed by atoms with E-state index in [1.165, 1.54) is 108 Å². The molecule has 0 spiro atoms. The molecule has 2 aliphatic rings. The van der Waals surface area contributed by atoms with Gasteiger partial charge in [-0.2, -0.15) is 25.8 Å². The minimum atomic E-state index is -4.42. The number of alkyl halides is 3. The summed E-state index contributed by atoms with van der Waals surface area (Å²) in [6.07, 6.45) is 16.6. The minimum Gasteiger partial charge on any atom is -0.344 e. The second kappa shape index (κ2) is 22.5. The summed E-state index contributed by atoms with van der Waals surface area (Å²) in [6, 6.07) is 4.15. The lowest BCUT2D eigenvalue weighted by molar-refractivity contribution is -0.0689. The highest BCUT2D eigenvalue weighted by Crippen LogP contribution is 2.44. The number of aromatic nitrogens is 1. The van der Waals surface area contributed by atoms with Crippen LogP contribution in [0.15, 0.2) is 29.4 Å². The van der Waals surface area contributed by atoms with Crippen LogP contribution in [0.4, 0.5) is 13.2 Å². The van der Waals surface area contributed by atoms with Gasteiger partial charge >= 0.3 is 6.18 Å². The summed E-state index contributed by atoms with van der Waals surface area (Å²) in [5.74, 6) is 0.996. The lowest BCUT2D eigenvalue weighted by Crippen LogP contribution is -2.46. The van der Waals surface area contributed by atoms with E-state index in [1.54, 1.807) is 0 Å². The molecule has 0 N–H and O–H groups in total. The summed E-state index contributed by atoms with van der Waals surface area (Å²) in [4.78, 5) is 5.26. The van der Waals surface area contributed by atoms with Crippen LogP contribution in [0.2, 0.25) is 0 Å². The molecule has 3 nitrogen and oxygen atoms in total. The van der Waals surface area contributed by atoms with Crippen molar-refractivity contribution in [1.82, 2.24) is 14.4 Å². The number of hydrogen-bond donors (Lipinski definition) is 1. The zero-order chi connectivity index (χ0) is 35.9. The van der Waals surface area contributed by atoms with Gasteiger partial charge in [-0.15, -0.1) is 0 Å². The van der Waals surface area contributed by atoms with E-state index < -0.39 is 11.7 Å². The van der Waals surface area contributed by atoms with E-state index in [0.717, 1.165) is 97.7 Å². The van der Waals surface area contributed by atoms with E-state index in [4.69, 9.17) is 0 Å². The van der Waals surface area contributed by atoms with E-state index in [0.29, 0.717) is 12.0 Å². The molecule has 1 aromatic carbocycles. The highest BCUT2D eigenvalue weighted by molar-refractivity contribution is 7.80. The topological polar surface area (TPSA) is 11.4 Å². The van der Waals surface area contributed by atoms with Crippen LogP contribution in [0, 0.1) is 6.92 Å². The molecule has 7 heteroatoms. The first-order chi connectivity index (χ1) is 24.2. The van der Waals surface area contributed by atoms with Gasteiger partial charge < -0.3 is 14.4 Å². The van der Waals surface area contributed by atoms with Crippen LogP contribution >= 0.6 is 12.6 Å². The highest BCUT2D eigenvalue weighted by Gasteiger charge is 2.38. The average Bonchev–Trinajstić information content (AvgIpc) is 3.73. The molecule has 2 heterocycles. The van der Waals surface area contributed by atoms with Gasteiger partial charge in [-0.3, -0.25) is 0 Å². The second-order valence-electron chi connectivity index (χ2n) is 15.2. The molecule has 0 atom stereocenters. The van der Waals surface area contributed by atoms with Crippen LogP contribution in [-0.4, -0.2) is 65.6 Å². The number of rotatable bonds is 21. The number of aryl methyl sites for hydroxylation is 3. The maximum Gasteiger partial charge on any atom is 0.417 e. The first-order valence-electron chi connectivity index (χ1n) is 20.4. The average molecular weight is 732 g/mol. The Balaban J connectivity index is 0.00000702. The standard InChI is InChI=1S/C43H68F3N3S.CH4/c1-5-7-20-37-23-24-40-41(42(37)38(43(44,45)46)33-34(3)36-21-13-14-22-36)35(4)39(19-6-2)49(40)27-16-12-10-8-9-11-15-25-47-28-30-48(31-29-47)26-17-18-32-50;/h23-24,33,50H,5-22,25-32H2,1-4H3;1H4/b38-33+;. The third-order valence-electron chi connectivity index (χ3n) is 11.4. The monoisotopic (exact) mass is 732 g/mol. The SMILES string of the molecule is C.CCCCc1ccc2c(c(C)c(CCC)n2CCCCCCCCCN2CCN(CCCCS)CC2)c1/C(=C\C(C)=C1CCCC1)C(F)(F)F. The molecule has 1 saturated heterocycles. The van der Waals surface area contributed by atoms with Gasteiger partial charge in [0.05, 0.1) is 5.57 Å². The molecule has 0 amide bonds. The van der Waals surface area contributed by atoms with Gasteiger partial charge in [0.1, 0.15) is 0 Å². The number of thiol groups is 1. The zero-order valence-corrected chi connectivity index (χ0v) is 32.9. The Labute approximate surface area is 315 Å². The molecule has 2 fully saturated rings. The van der Waals surface area contributed by atoms with Gasteiger partial charge in [-0.05, 0) is 132 Å². The Kier molecular flexibility index (Phi) is 19.3. The molecule has 4 rings (SSSR count). The largest absolute Gasteiger partial charge is 0.417 e. The molecular weight excluding hydrogens is 660 g/mol. The molecule has 1 aliphatic carbocycles. The van der Waals surface area contributed by atoms with E-state index in [9.17, 15) is 0 Å². The van der Waals surface area contributed by atoms with Crippen molar-refractivity contribution in [3.8, 4) is 0 Å². The number of unbranched alkanes of at least 4 members (excludes halogenated alkanes) is 8. The summed E-state index contributed by atoms with van der Waals surface area (Å²) in [7, 11) is 0. The predicted octanol–water partition coefficient (Wildman–Crippen LogP) is 12.8. The quantitative estimate of drug-likeness (QED) is 0.101. The Morgan fingerprint density at radius 2 is 1.33 bits per heavy atom. The van der Waals surface area contributed by atoms with E-state index in [2.05, 4.69) is 53.8 Å². The number of piperazine rings is 1. The fraction of sp³-hybridized carbons (Fsp3) is 0.727. The molecule has 1 aliphatic heterocycles. The Morgan fingerprint density at radius 3 is 1.88 bits per heavy atom. The van der Waals surface area contributed by atoms with Crippen molar-refractivity contribution in [3.05, 3.63) is 51.7 Å². The second-order valence-corrected chi connectivity index (χ2v) is 15.7. The van der Waals surface area contributed by atoms with Gasteiger partial charge in [0.15, 0.2) is 0 Å². The van der Waals surface area contributed by atoms with E-state index in [1.807, 2.05) is 13.0 Å². The van der Waals surface area contributed by atoms with Gasteiger partial charge in [-0.1, -0.05) is 83.4 Å². The van der Waals surface area contributed by atoms with Crippen molar-refractivity contribution >= 4 is 29.1 Å². The number of nitrogens with zero attached hydrogens (tertiary/aromatic N) is 3. The van der Waals surface area contributed by atoms with Crippen molar-refractivity contribution in [2.24, 2.45) is 0 Å². The summed E-state index contributed by atoms with van der Waals surface area (Å²) in [5.41, 5.74) is 6.11. The first-order valence-corrected chi connectivity index (χ1v) is 21.0. The molecule has 0 radical (unpaired) electrons. The Hall–Kier alpha value is -1.70. The van der Waals surface area contributed by atoms with Crippen LogP contribution in [0.1, 0.15) is 153 Å². The lowest BCUT2D eigenvalue weighted by atomic mass is 9.89. The molecule has 51 heavy (non-hydrogen) atoms. The summed E-state index contributed by atoms with van der Waals surface area (Å²) >= 11 is 4.34.